The Hall–Kier alpha value is -2.80. The van der Waals surface area contributed by atoms with Crippen LogP contribution < -0.4 is 10.6 Å². The predicted octanol–water partition coefficient (Wildman–Crippen LogP) is 2.75. The van der Waals surface area contributed by atoms with Crippen LogP contribution >= 0.6 is 11.6 Å². The molecule has 24 heavy (non-hydrogen) atoms. The van der Waals surface area contributed by atoms with Crippen molar-refractivity contribution < 1.29 is 9.59 Å². The average Bonchev–Trinajstić information content (AvgIpc) is 2.95. The number of hydrogen-bond acceptors (Lipinski definition) is 3. The number of halogens is 1. The van der Waals surface area contributed by atoms with Gasteiger partial charge in [-0.1, -0.05) is 30.3 Å². The number of carbonyl (C=O) groups is 2. The number of benzene rings is 1. The van der Waals surface area contributed by atoms with Crippen molar-refractivity contribution in [2.45, 2.75) is 6.04 Å². The van der Waals surface area contributed by atoms with Crippen LogP contribution in [0.25, 0.3) is 0 Å². The smallest absolute Gasteiger partial charge is 0.324 e. The lowest BCUT2D eigenvalue weighted by molar-refractivity contribution is -0.131. The quantitative estimate of drug-likeness (QED) is 0.836. The second kappa shape index (κ2) is 6.76. The predicted molar refractivity (Wildman–Crippen MR) is 92.1 cm³/mol. The molecule has 3 amide bonds. The van der Waals surface area contributed by atoms with Gasteiger partial charge in [-0.15, -0.1) is 0 Å². The Morgan fingerprint density at radius 3 is 2.71 bits per heavy atom. The van der Waals surface area contributed by atoms with Crippen LogP contribution in [0, 0.1) is 0 Å². The molecule has 0 radical (unpaired) electrons. The molecule has 1 aromatic heterocycles. The molecule has 1 aliphatic rings. The van der Waals surface area contributed by atoms with Gasteiger partial charge in [-0.25, -0.2) is 4.79 Å². The van der Waals surface area contributed by atoms with E-state index < -0.39 is 6.03 Å². The fourth-order valence-corrected chi connectivity index (χ4v) is 2.56. The van der Waals surface area contributed by atoms with Gasteiger partial charge in [-0.2, -0.15) is 5.10 Å². The third kappa shape index (κ3) is 3.41. The molecule has 2 aromatic rings. The molecule has 2 heterocycles. The van der Waals surface area contributed by atoms with E-state index in [-0.39, 0.29) is 11.9 Å². The van der Waals surface area contributed by atoms with Crippen LogP contribution in [0.4, 0.5) is 16.3 Å². The number of likely N-dealkylation sites (tertiary alicyclic amines) is 1. The van der Waals surface area contributed by atoms with Crippen molar-refractivity contribution in [3.05, 3.63) is 54.2 Å². The molecule has 124 valence electrons. The summed E-state index contributed by atoms with van der Waals surface area (Å²) in [4.78, 5) is 25.1. The van der Waals surface area contributed by atoms with E-state index in [0.29, 0.717) is 29.6 Å². The SMILES string of the molecule is C=CC(=O)N1CC(n2ccc(NC(=O)Nc3ccccc3Cl)n2)C1. The Balaban J connectivity index is 1.55. The van der Waals surface area contributed by atoms with Crippen LogP contribution in [0.2, 0.25) is 5.02 Å². The number of hydrogen-bond donors (Lipinski definition) is 2. The molecule has 1 aromatic carbocycles. The van der Waals surface area contributed by atoms with Gasteiger partial charge >= 0.3 is 6.03 Å². The lowest BCUT2D eigenvalue weighted by Crippen LogP contribution is -2.50. The Morgan fingerprint density at radius 1 is 1.25 bits per heavy atom. The van der Waals surface area contributed by atoms with E-state index >= 15 is 0 Å². The van der Waals surface area contributed by atoms with E-state index in [4.69, 9.17) is 11.6 Å². The summed E-state index contributed by atoms with van der Waals surface area (Å²) >= 11 is 5.99. The summed E-state index contributed by atoms with van der Waals surface area (Å²) in [6.07, 6.45) is 3.07. The van der Waals surface area contributed by atoms with Crippen molar-refractivity contribution in [1.29, 1.82) is 0 Å². The summed E-state index contributed by atoms with van der Waals surface area (Å²) in [5.74, 6) is 0.337. The van der Waals surface area contributed by atoms with Crippen LogP contribution in [0.15, 0.2) is 49.2 Å². The maximum Gasteiger partial charge on any atom is 0.324 e. The van der Waals surface area contributed by atoms with E-state index in [1.807, 2.05) is 0 Å². The largest absolute Gasteiger partial charge is 0.335 e. The fraction of sp³-hybridized carbons (Fsp3) is 0.188. The van der Waals surface area contributed by atoms with E-state index in [0.717, 1.165) is 0 Å². The Kier molecular flexibility index (Phi) is 4.52. The number of carbonyl (C=O) groups excluding carboxylic acids is 2. The first-order chi connectivity index (χ1) is 11.6. The highest BCUT2D eigenvalue weighted by molar-refractivity contribution is 6.33. The average molecular weight is 346 g/mol. The topological polar surface area (TPSA) is 79.3 Å². The van der Waals surface area contributed by atoms with Gasteiger partial charge in [0.15, 0.2) is 5.82 Å². The number of urea groups is 1. The zero-order valence-electron chi connectivity index (χ0n) is 12.8. The number of aromatic nitrogens is 2. The number of para-hydroxylation sites is 1. The number of nitrogens with zero attached hydrogens (tertiary/aromatic N) is 3. The summed E-state index contributed by atoms with van der Waals surface area (Å²) in [6.45, 7) is 4.62. The maximum atomic E-state index is 12.0. The monoisotopic (exact) mass is 345 g/mol. The zero-order chi connectivity index (χ0) is 17.1. The second-order valence-electron chi connectivity index (χ2n) is 5.34. The standard InChI is InChI=1S/C16H16ClN5O2/c1-2-15(23)21-9-11(10-21)22-8-7-14(20-22)19-16(24)18-13-6-4-3-5-12(13)17/h2-8,11H,1,9-10H2,(H2,18,19,20,24). The number of rotatable bonds is 4. The Bertz CT molecular complexity index is 782. The van der Waals surface area contributed by atoms with Gasteiger partial charge in [0.05, 0.1) is 16.8 Å². The van der Waals surface area contributed by atoms with Gasteiger partial charge in [0, 0.05) is 25.4 Å². The summed E-state index contributed by atoms with van der Waals surface area (Å²) in [7, 11) is 0. The van der Waals surface area contributed by atoms with Gasteiger partial charge in [-0.05, 0) is 18.2 Å². The molecular weight excluding hydrogens is 330 g/mol. The molecule has 7 nitrogen and oxygen atoms in total. The van der Waals surface area contributed by atoms with Gasteiger partial charge < -0.3 is 10.2 Å². The highest BCUT2D eigenvalue weighted by atomic mass is 35.5. The molecule has 0 atom stereocenters. The second-order valence-corrected chi connectivity index (χ2v) is 5.75. The minimum atomic E-state index is -0.426. The first kappa shape index (κ1) is 16.1. The molecular formula is C16H16ClN5O2. The summed E-state index contributed by atoms with van der Waals surface area (Å²) < 4.78 is 1.73. The molecule has 2 N–H and O–H groups in total. The Labute approximate surface area is 143 Å². The summed E-state index contributed by atoms with van der Waals surface area (Å²) in [5, 5.41) is 10.1. The van der Waals surface area contributed by atoms with Gasteiger partial charge in [0.2, 0.25) is 5.91 Å². The van der Waals surface area contributed by atoms with Crippen molar-refractivity contribution >= 4 is 35.0 Å². The number of anilines is 2. The first-order valence-corrected chi connectivity index (χ1v) is 7.73. The van der Waals surface area contributed by atoms with Crippen molar-refractivity contribution in [2.75, 3.05) is 23.7 Å². The molecule has 0 unspecified atom stereocenters. The first-order valence-electron chi connectivity index (χ1n) is 7.36. The van der Waals surface area contributed by atoms with E-state index in [1.165, 1.54) is 6.08 Å². The van der Waals surface area contributed by atoms with Crippen LogP contribution in [0.3, 0.4) is 0 Å². The minimum Gasteiger partial charge on any atom is -0.335 e. The van der Waals surface area contributed by atoms with Crippen LogP contribution in [0.1, 0.15) is 6.04 Å². The molecule has 8 heteroatoms. The van der Waals surface area contributed by atoms with Crippen LogP contribution in [-0.2, 0) is 4.79 Å². The van der Waals surface area contributed by atoms with E-state index in [1.54, 1.807) is 46.1 Å². The van der Waals surface area contributed by atoms with Crippen molar-refractivity contribution in [3.63, 3.8) is 0 Å². The molecule has 0 aliphatic carbocycles. The van der Waals surface area contributed by atoms with E-state index in [2.05, 4.69) is 22.3 Å². The van der Waals surface area contributed by atoms with Crippen molar-refractivity contribution in [1.82, 2.24) is 14.7 Å². The lowest BCUT2D eigenvalue weighted by atomic mass is 10.1. The molecule has 1 fully saturated rings. The third-order valence-corrected chi connectivity index (χ3v) is 4.02. The molecule has 1 saturated heterocycles. The molecule has 1 aliphatic heterocycles. The van der Waals surface area contributed by atoms with Crippen molar-refractivity contribution in [2.24, 2.45) is 0 Å². The van der Waals surface area contributed by atoms with Gasteiger partial charge in [0.1, 0.15) is 0 Å². The molecule has 0 saturated carbocycles. The summed E-state index contributed by atoms with van der Waals surface area (Å²) in [5.41, 5.74) is 0.522. The highest BCUT2D eigenvalue weighted by Crippen LogP contribution is 2.22. The number of nitrogens with one attached hydrogen (secondary N) is 2. The summed E-state index contributed by atoms with van der Waals surface area (Å²) in [6, 6.07) is 8.35. The fourth-order valence-electron chi connectivity index (χ4n) is 2.37. The molecule has 3 rings (SSSR count). The maximum absolute atomic E-state index is 12.0. The third-order valence-electron chi connectivity index (χ3n) is 3.69. The number of amides is 3. The normalized spacial score (nSPS) is 14.0. The van der Waals surface area contributed by atoms with Gasteiger partial charge in [-0.3, -0.25) is 14.8 Å². The zero-order valence-corrected chi connectivity index (χ0v) is 13.5. The Morgan fingerprint density at radius 2 is 2.00 bits per heavy atom. The highest BCUT2D eigenvalue weighted by Gasteiger charge is 2.31. The van der Waals surface area contributed by atoms with Gasteiger partial charge in [0.25, 0.3) is 0 Å². The van der Waals surface area contributed by atoms with Crippen LogP contribution in [-0.4, -0.2) is 39.7 Å². The molecule has 0 spiro atoms. The lowest BCUT2D eigenvalue weighted by Gasteiger charge is -2.38. The molecule has 0 bridgehead atoms. The van der Waals surface area contributed by atoms with Crippen molar-refractivity contribution in [3.8, 4) is 0 Å². The van der Waals surface area contributed by atoms with Crippen LogP contribution in [0.5, 0.6) is 0 Å². The van der Waals surface area contributed by atoms with E-state index in [9.17, 15) is 9.59 Å². The minimum absolute atomic E-state index is 0.0872.